The smallest absolute Gasteiger partial charge is 0.239 e. The average Bonchev–Trinajstić information content (AvgIpc) is 2.60. The predicted molar refractivity (Wildman–Crippen MR) is 93.2 cm³/mol. The van der Waals surface area contributed by atoms with Crippen molar-refractivity contribution in [2.45, 2.75) is 38.8 Å². The summed E-state index contributed by atoms with van der Waals surface area (Å²) in [5.41, 5.74) is 2.82. The summed E-state index contributed by atoms with van der Waals surface area (Å²) >= 11 is 0. The van der Waals surface area contributed by atoms with Crippen molar-refractivity contribution >= 4 is 5.91 Å². The molecule has 1 fully saturated rings. The van der Waals surface area contributed by atoms with E-state index in [4.69, 9.17) is 0 Å². The highest BCUT2D eigenvalue weighted by Gasteiger charge is 2.31. The van der Waals surface area contributed by atoms with Gasteiger partial charge in [-0.25, -0.2) is 0 Å². The van der Waals surface area contributed by atoms with Gasteiger partial charge in [-0.1, -0.05) is 24.3 Å². The first-order valence-electron chi connectivity index (χ1n) is 8.93. The number of rotatable bonds is 4. The van der Waals surface area contributed by atoms with Crippen LogP contribution in [0.5, 0.6) is 0 Å². The van der Waals surface area contributed by atoms with Gasteiger partial charge >= 0.3 is 0 Å². The molecule has 0 spiro atoms. The predicted octanol–water partition coefficient (Wildman–Crippen LogP) is 1.89. The Kier molecular flexibility index (Phi) is 5.34. The minimum absolute atomic E-state index is 0.0170. The fraction of sp³-hybridized carbons (Fsp3) is 0.632. The fourth-order valence-corrected chi connectivity index (χ4v) is 3.99. The lowest BCUT2D eigenvalue weighted by molar-refractivity contribution is -0.138. The first-order chi connectivity index (χ1) is 11.2. The molecule has 2 atom stereocenters. The first-order valence-corrected chi connectivity index (χ1v) is 8.93. The molecular weight excluding hydrogens is 286 g/mol. The minimum atomic E-state index is -0.0170. The van der Waals surface area contributed by atoms with Crippen molar-refractivity contribution in [2.24, 2.45) is 5.92 Å². The molecule has 2 aliphatic rings. The molecular formula is C19H29N3O. The summed E-state index contributed by atoms with van der Waals surface area (Å²) in [6.45, 7) is 6.81. The molecule has 1 aromatic rings. The van der Waals surface area contributed by atoms with Gasteiger partial charge in [0, 0.05) is 26.2 Å². The molecule has 2 unspecified atom stereocenters. The number of carbonyl (C=O) groups is 1. The van der Waals surface area contributed by atoms with E-state index < -0.39 is 0 Å². The van der Waals surface area contributed by atoms with Gasteiger partial charge in [-0.3, -0.25) is 9.69 Å². The normalized spacial score (nSPS) is 23.4. The standard InChI is InChI=1S/C19H29N3O/c1-15(19(23)22-10-5-6-16(13-22)12-20-2)21-11-9-17-7-3-4-8-18(17)14-21/h3-4,7-8,15-16,20H,5-6,9-14H2,1-2H3. The van der Waals surface area contributed by atoms with Crippen LogP contribution in [-0.4, -0.2) is 55.0 Å². The van der Waals surface area contributed by atoms with Crippen LogP contribution in [0.25, 0.3) is 0 Å². The largest absolute Gasteiger partial charge is 0.341 e. The maximum atomic E-state index is 12.9. The topological polar surface area (TPSA) is 35.6 Å². The minimum Gasteiger partial charge on any atom is -0.341 e. The highest BCUT2D eigenvalue weighted by molar-refractivity contribution is 5.81. The molecule has 0 bridgehead atoms. The van der Waals surface area contributed by atoms with E-state index in [9.17, 15) is 4.79 Å². The van der Waals surface area contributed by atoms with E-state index in [2.05, 4.69) is 46.3 Å². The van der Waals surface area contributed by atoms with Crippen LogP contribution in [0.3, 0.4) is 0 Å². The second-order valence-electron chi connectivity index (χ2n) is 7.02. The summed E-state index contributed by atoms with van der Waals surface area (Å²) in [6, 6.07) is 8.60. The van der Waals surface area contributed by atoms with Crippen molar-refractivity contribution < 1.29 is 4.79 Å². The number of hydrogen-bond acceptors (Lipinski definition) is 3. The summed E-state index contributed by atoms with van der Waals surface area (Å²) in [7, 11) is 1.99. The van der Waals surface area contributed by atoms with Gasteiger partial charge in [0.2, 0.25) is 5.91 Å². The van der Waals surface area contributed by atoms with E-state index in [1.807, 2.05) is 7.05 Å². The molecule has 0 saturated carbocycles. The van der Waals surface area contributed by atoms with Crippen molar-refractivity contribution in [3.05, 3.63) is 35.4 Å². The third-order valence-electron chi connectivity index (χ3n) is 5.39. The molecule has 2 aliphatic heterocycles. The molecule has 1 aromatic carbocycles. The second kappa shape index (κ2) is 7.45. The van der Waals surface area contributed by atoms with E-state index >= 15 is 0 Å². The maximum absolute atomic E-state index is 12.9. The number of nitrogens with zero attached hydrogens (tertiary/aromatic N) is 2. The average molecular weight is 315 g/mol. The van der Waals surface area contributed by atoms with Gasteiger partial charge < -0.3 is 10.2 Å². The Balaban J connectivity index is 1.61. The van der Waals surface area contributed by atoms with Crippen molar-refractivity contribution in [1.82, 2.24) is 15.1 Å². The second-order valence-corrected chi connectivity index (χ2v) is 7.02. The molecule has 3 rings (SSSR count). The van der Waals surface area contributed by atoms with E-state index in [0.29, 0.717) is 11.8 Å². The van der Waals surface area contributed by atoms with Crippen LogP contribution in [0.15, 0.2) is 24.3 Å². The number of likely N-dealkylation sites (tertiary alicyclic amines) is 1. The molecule has 4 heteroatoms. The Bertz CT molecular complexity index is 543. The highest BCUT2D eigenvalue weighted by Crippen LogP contribution is 2.22. The van der Waals surface area contributed by atoms with Crippen LogP contribution in [-0.2, 0) is 17.8 Å². The van der Waals surface area contributed by atoms with Gasteiger partial charge in [0.15, 0.2) is 0 Å². The van der Waals surface area contributed by atoms with Crippen molar-refractivity contribution in [3.8, 4) is 0 Å². The van der Waals surface area contributed by atoms with Gasteiger partial charge in [0.1, 0.15) is 0 Å². The van der Waals surface area contributed by atoms with Crippen molar-refractivity contribution in [1.29, 1.82) is 0 Å². The SMILES string of the molecule is CNCC1CCCN(C(=O)C(C)N2CCc3ccccc3C2)C1. The number of carbonyl (C=O) groups excluding carboxylic acids is 1. The van der Waals surface area contributed by atoms with E-state index in [-0.39, 0.29) is 6.04 Å². The zero-order chi connectivity index (χ0) is 16.2. The fourth-order valence-electron chi connectivity index (χ4n) is 3.99. The van der Waals surface area contributed by atoms with E-state index in [0.717, 1.165) is 45.6 Å². The lowest BCUT2D eigenvalue weighted by Crippen LogP contribution is -2.51. The van der Waals surface area contributed by atoms with Crippen molar-refractivity contribution in [2.75, 3.05) is 33.2 Å². The molecule has 4 nitrogen and oxygen atoms in total. The van der Waals surface area contributed by atoms with E-state index in [1.165, 1.54) is 17.5 Å². The van der Waals surface area contributed by atoms with Crippen LogP contribution >= 0.6 is 0 Å². The van der Waals surface area contributed by atoms with Crippen LogP contribution < -0.4 is 5.32 Å². The molecule has 0 radical (unpaired) electrons. The van der Waals surface area contributed by atoms with Gasteiger partial charge in [-0.15, -0.1) is 0 Å². The Morgan fingerprint density at radius 2 is 2.09 bits per heavy atom. The summed E-state index contributed by atoms with van der Waals surface area (Å²) < 4.78 is 0. The zero-order valence-corrected chi connectivity index (χ0v) is 14.4. The quantitative estimate of drug-likeness (QED) is 0.922. The third kappa shape index (κ3) is 3.75. The first kappa shape index (κ1) is 16.5. The number of hydrogen-bond donors (Lipinski definition) is 1. The maximum Gasteiger partial charge on any atom is 0.239 e. The summed E-state index contributed by atoms with van der Waals surface area (Å²) in [4.78, 5) is 17.4. The molecule has 1 N–H and O–H groups in total. The summed E-state index contributed by atoms with van der Waals surface area (Å²) in [5.74, 6) is 0.914. The third-order valence-corrected chi connectivity index (χ3v) is 5.39. The monoisotopic (exact) mass is 315 g/mol. The lowest BCUT2D eigenvalue weighted by Gasteiger charge is -2.38. The van der Waals surface area contributed by atoms with Gasteiger partial charge in [0.05, 0.1) is 6.04 Å². The van der Waals surface area contributed by atoms with Gasteiger partial charge in [-0.05, 0) is 56.8 Å². The molecule has 0 aliphatic carbocycles. The number of fused-ring (bicyclic) bond motifs is 1. The van der Waals surface area contributed by atoms with E-state index in [1.54, 1.807) is 0 Å². The number of piperidine rings is 1. The zero-order valence-electron chi connectivity index (χ0n) is 14.4. The molecule has 1 amide bonds. The van der Waals surface area contributed by atoms with Crippen LogP contribution in [0.2, 0.25) is 0 Å². The molecule has 2 heterocycles. The number of nitrogens with one attached hydrogen (secondary N) is 1. The molecule has 23 heavy (non-hydrogen) atoms. The molecule has 0 aromatic heterocycles. The van der Waals surface area contributed by atoms with Gasteiger partial charge in [-0.2, -0.15) is 0 Å². The Morgan fingerprint density at radius 3 is 2.87 bits per heavy atom. The lowest BCUT2D eigenvalue weighted by atomic mass is 9.96. The number of benzene rings is 1. The Morgan fingerprint density at radius 1 is 1.30 bits per heavy atom. The molecule has 1 saturated heterocycles. The summed E-state index contributed by atoms with van der Waals surface area (Å²) in [6.07, 6.45) is 3.42. The summed E-state index contributed by atoms with van der Waals surface area (Å²) in [5, 5.41) is 3.25. The Labute approximate surface area is 139 Å². The van der Waals surface area contributed by atoms with Gasteiger partial charge in [0.25, 0.3) is 0 Å². The van der Waals surface area contributed by atoms with Crippen LogP contribution in [0, 0.1) is 5.92 Å². The highest BCUT2D eigenvalue weighted by atomic mass is 16.2. The van der Waals surface area contributed by atoms with Crippen LogP contribution in [0.4, 0.5) is 0 Å². The Hall–Kier alpha value is -1.39. The molecule has 126 valence electrons. The van der Waals surface area contributed by atoms with Crippen LogP contribution in [0.1, 0.15) is 30.9 Å². The number of amides is 1. The van der Waals surface area contributed by atoms with Crippen molar-refractivity contribution in [3.63, 3.8) is 0 Å².